The Kier molecular flexibility index (Phi) is 4.52. The molecule has 8 heteroatoms. The molecule has 0 aliphatic carbocycles. The first kappa shape index (κ1) is 14.3. The van der Waals surface area contributed by atoms with Gasteiger partial charge in [0.05, 0.1) is 11.6 Å². The van der Waals surface area contributed by atoms with Gasteiger partial charge in [-0.15, -0.1) is 10.2 Å². The number of benzene rings is 1. The monoisotopic (exact) mass is 298 g/mol. The van der Waals surface area contributed by atoms with Gasteiger partial charge in [-0.05, 0) is 18.2 Å². The van der Waals surface area contributed by atoms with Crippen molar-refractivity contribution in [3.63, 3.8) is 0 Å². The van der Waals surface area contributed by atoms with E-state index in [9.17, 15) is 9.18 Å². The van der Waals surface area contributed by atoms with Crippen molar-refractivity contribution in [2.45, 2.75) is 6.54 Å². The maximum atomic E-state index is 12.8. The molecule has 0 aliphatic heterocycles. The van der Waals surface area contributed by atoms with Gasteiger partial charge in [-0.25, -0.2) is 4.39 Å². The van der Waals surface area contributed by atoms with Crippen LogP contribution in [0.4, 0.5) is 4.39 Å². The van der Waals surface area contributed by atoms with Crippen molar-refractivity contribution in [3.05, 3.63) is 41.2 Å². The minimum absolute atomic E-state index is 0.117. The van der Waals surface area contributed by atoms with Crippen molar-refractivity contribution in [3.8, 4) is 5.75 Å². The van der Waals surface area contributed by atoms with E-state index >= 15 is 0 Å². The Morgan fingerprint density at radius 3 is 3.00 bits per heavy atom. The second-order valence-electron chi connectivity index (χ2n) is 4.00. The molecule has 1 aromatic carbocycles. The summed E-state index contributed by atoms with van der Waals surface area (Å²) in [5.41, 5.74) is 0. The van der Waals surface area contributed by atoms with Crippen molar-refractivity contribution in [1.82, 2.24) is 20.1 Å². The standard InChI is InChI=1S/C12H12ClFN4O2/c1-18-7-16-17-11(18)5-15-12(19)6-20-10-3-2-8(14)4-9(10)13/h2-4,7H,5-6H2,1H3,(H,15,19). The molecule has 1 heterocycles. The van der Waals surface area contributed by atoms with Gasteiger partial charge in [0.1, 0.15) is 17.9 Å². The summed E-state index contributed by atoms with van der Waals surface area (Å²) >= 11 is 5.77. The van der Waals surface area contributed by atoms with Crippen LogP contribution in [0.1, 0.15) is 5.82 Å². The summed E-state index contributed by atoms with van der Waals surface area (Å²) < 4.78 is 19.7. The number of halogens is 2. The predicted octanol–water partition coefficient (Wildman–Crippen LogP) is 1.30. The molecule has 0 radical (unpaired) electrons. The van der Waals surface area contributed by atoms with Gasteiger partial charge in [-0.1, -0.05) is 11.6 Å². The van der Waals surface area contributed by atoms with E-state index in [1.165, 1.54) is 18.5 Å². The highest BCUT2D eigenvalue weighted by Gasteiger charge is 2.08. The summed E-state index contributed by atoms with van der Waals surface area (Å²) in [4.78, 5) is 11.6. The van der Waals surface area contributed by atoms with Crippen molar-refractivity contribution >= 4 is 17.5 Å². The van der Waals surface area contributed by atoms with Gasteiger partial charge < -0.3 is 14.6 Å². The Bertz CT molecular complexity index is 617. The number of hydrogen-bond acceptors (Lipinski definition) is 4. The summed E-state index contributed by atoms with van der Waals surface area (Å²) in [7, 11) is 1.77. The molecule has 0 saturated carbocycles. The zero-order valence-corrected chi connectivity index (χ0v) is 11.4. The molecule has 0 bridgehead atoms. The van der Waals surface area contributed by atoms with Crippen molar-refractivity contribution in [2.24, 2.45) is 7.05 Å². The molecule has 1 amide bonds. The third-order valence-electron chi connectivity index (χ3n) is 2.50. The molecule has 1 aromatic heterocycles. The highest BCUT2D eigenvalue weighted by Crippen LogP contribution is 2.24. The van der Waals surface area contributed by atoms with E-state index in [4.69, 9.17) is 16.3 Å². The Morgan fingerprint density at radius 2 is 2.35 bits per heavy atom. The number of nitrogens with one attached hydrogen (secondary N) is 1. The van der Waals surface area contributed by atoms with Gasteiger partial charge in [-0.3, -0.25) is 4.79 Å². The fourth-order valence-corrected chi connectivity index (χ4v) is 1.65. The topological polar surface area (TPSA) is 69.0 Å². The van der Waals surface area contributed by atoms with E-state index in [1.807, 2.05) is 0 Å². The molecule has 0 fully saturated rings. The van der Waals surface area contributed by atoms with Crippen LogP contribution in [0.5, 0.6) is 5.75 Å². The minimum atomic E-state index is -0.464. The van der Waals surface area contributed by atoms with E-state index in [-0.39, 0.29) is 29.8 Å². The summed E-state index contributed by atoms with van der Waals surface area (Å²) in [5.74, 6) is 0.0718. The lowest BCUT2D eigenvalue weighted by Crippen LogP contribution is -2.29. The molecule has 0 aliphatic rings. The fourth-order valence-electron chi connectivity index (χ4n) is 1.43. The molecule has 0 atom stereocenters. The number of carbonyl (C=O) groups is 1. The van der Waals surface area contributed by atoms with Crippen molar-refractivity contribution in [1.29, 1.82) is 0 Å². The number of rotatable bonds is 5. The number of amides is 1. The summed E-state index contributed by atoms with van der Waals surface area (Å²) in [6, 6.07) is 3.70. The third-order valence-corrected chi connectivity index (χ3v) is 2.80. The Balaban J connectivity index is 1.82. The Labute approximate surface area is 119 Å². The van der Waals surface area contributed by atoms with Crippen molar-refractivity contribution < 1.29 is 13.9 Å². The Morgan fingerprint density at radius 1 is 1.55 bits per heavy atom. The molecule has 2 aromatic rings. The molecular weight excluding hydrogens is 287 g/mol. The number of ether oxygens (including phenoxy) is 1. The first-order chi connectivity index (χ1) is 9.56. The van der Waals surface area contributed by atoms with Crippen LogP contribution >= 0.6 is 11.6 Å². The molecule has 0 spiro atoms. The second kappa shape index (κ2) is 6.33. The smallest absolute Gasteiger partial charge is 0.258 e. The Hall–Kier alpha value is -2.15. The minimum Gasteiger partial charge on any atom is -0.482 e. The van der Waals surface area contributed by atoms with Gasteiger partial charge in [0.25, 0.3) is 5.91 Å². The number of nitrogens with zero attached hydrogens (tertiary/aromatic N) is 3. The molecule has 0 saturated heterocycles. The largest absolute Gasteiger partial charge is 0.482 e. The lowest BCUT2D eigenvalue weighted by atomic mass is 10.3. The van der Waals surface area contributed by atoms with E-state index in [1.54, 1.807) is 11.6 Å². The summed E-state index contributed by atoms with van der Waals surface area (Å²) in [6.45, 7) is 0.0268. The lowest BCUT2D eigenvalue weighted by molar-refractivity contribution is -0.123. The molecule has 20 heavy (non-hydrogen) atoms. The number of aromatic nitrogens is 3. The maximum absolute atomic E-state index is 12.8. The van der Waals surface area contributed by atoms with E-state index in [0.717, 1.165) is 6.07 Å². The zero-order valence-electron chi connectivity index (χ0n) is 10.6. The van der Waals surface area contributed by atoms with E-state index in [0.29, 0.717) is 5.82 Å². The highest BCUT2D eigenvalue weighted by atomic mass is 35.5. The molecular formula is C12H12ClFN4O2. The average Bonchev–Trinajstić information content (AvgIpc) is 2.81. The summed E-state index contributed by atoms with van der Waals surface area (Å²) in [6.07, 6.45) is 1.54. The van der Waals surface area contributed by atoms with Crippen LogP contribution in [0.2, 0.25) is 5.02 Å². The molecule has 0 unspecified atom stereocenters. The zero-order chi connectivity index (χ0) is 14.5. The van der Waals surface area contributed by atoms with Gasteiger partial charge >= 0.3 is 0 Å². The van der Waals surface area contributed by atoms with Crippen LogP contribution in [-0.4, -0.2) is 27.3 Å². The SMILES string of the molecule is Cn1cnnc1CNC(=O)COc1ccc(F)cc1Cl. The van der Waals surface area contributed by atoms with Gasteiger partial charge in [0, 0.05) is 7.05 Å². The third kappa shape index (κ3) is 3.67. The second-order valence-corrected chi connectivity index (χ2v) is 4.41. The van der Waals surface area contributed by atoms with Crippen LogP contribution in [0, 0.1) is 5.82 Å². The molecule has 106 valence electrons. The summed E-state index contributed by atoms with van der Waals surface area (Å²) in [5, 5.41) is 10.3. The molecule has 6 nitrogen and oxygen atoms in total. The molecule has 2 rings (SSSR count). The lowest BCUT2D eigenvalue weighted by Gasteiger charge is -2.08. The molecule has 1 N–H and O–H groups in total. The maximum Gasteiger partial charge on any atom is 0.258 e. The first-order valence-corrected chi connectivity index (χ1v) is 6.11. The predicted molar refractivity (Wildman–Crippen MR) is 69.8 cm³/mol. The quantitative estimate of drug-likeness (QED) is 0.903. The average molecular weight is 299 g/mol. The van der Waals surface area contributed by atoms with Crippen LogP contribution in [0.3, 0.4) is 0 Å². The van der Waals surface area contributed by atoms with E-state index in [2.05, 4.69) is 15.5 Å². The number of aryl methyl sites for hydroxylation is 1. The van der Waals surface area contributed by atoms with Crippen LogP contribution in [0.15, 0.2) is 24.5 Å². The normalized spacial score (nSPS) is 10.3. The fraction of sp³-hybridized carbons (Fsp3) is 0.250. The highest BCUT2D eigenvalue weighted by molar-refractivity contribution is 6.32. The van der Waals surface area contributed by atoms with Gasteiger partial charge in [-0.2, -0.15) is 0 Å². The van der Waals surface area contributed by atoms with Gasteiger partial charge in [0.15, 0.2) is 12.4 Å². The first-order valence-electron chi connectivity index (χ1n) is 5.73. The van der Waals surface area contributed by atoms with Crippen molar-refractivity contribution in [2.75, 3.05) is 6.61 Å². The number of carbonyl (C=O) groups excluding carboxylic acids is 1. The van der Waals surface area contributed by atoms with Crippen LogP contribution < -0.4 is 10.1 Å². The number of hydrogen-bond donors (Lipinski definition) is 1. The van der Waals surface area contributed by atoms with Gasteiger partial charge in [0.2, 0.25) is 0 Å². The van der Waals surface area contributed by atoms with Crippen LogP contribution in [0.25, 0.3) is 0 Å². The van der Waals surface area contributed by atoms with E-state index < -0.39 is 5.82 Å². The van der Waals surface area contributed by atoms with Crippen LogP contribution in [-0.2, 0) is 18.4 Å².